The summed E-state index contributed by atoms with van der Waals surface area (Å²) in [6, 6.07) is 18.3. The maximum atomic E-state index is 14.5. The van der Waals surface area contributed by atoms with Gasteiger partial charge in [0.25, 0.3) is 0 Å². The standard InChI is InChI=1S/C23H21FN4OS2/c1-16-9-11-17(12-10-16)28-22(19-7-3-4-8-20(19)24)25-26-23(28)31-15-21(29)27(2)14-18-6-5-13-30-18/h3-13H,14-15H2,1-2H3. The van der Waals surface area contributed by atoms with Gasteiger partial charge in [-0.2, -0.15) is 0 Å². The first-order valence-corrected chi connectivity index (χ1v) is 11.6. The van der Waals surface area contributed by atoms with Crippen molar-refractivity contribution in [3.63, 3.8) is 0 Å². The summed E-state index contributed by atoms with van der Waals surface area (Å²) >= 11 is 2.92. The van der Waals surface area contributed by atoms with E-state index in [2.05, 4.69) is 10.2 Å². The number of amides is 1. The van der Waals surface area contributed by atoms with Crippen molar-refractivity contribution >= 4 is 29.0 Å². The highest BCUT2D eigenvalue weighted by molar-refractivity contribution is 7.99. The van der Waals surface area contributed by atoms with Gasteiger partial charge in [0, 0.05) is 17.6 Å². The molecule has 158 valence electrons. The van der Waals surface area contributed by atoms with Gasteiger partial charge in [-0.25, -0.2) is 4.39 Å². The molecule has 8 heteroatoms. The molecule has 0 fully saturated rings. The van der Waals surface area contributed by atoms with Crippen LogP contribution < -0.4 is 0 Å². The molecule has 0 N–H and O–H groups in total. The summed E-state index contributed by atoms with van der Waals surface area (Å²) in [7, 11) is 1.79. The maximum Gasteiger partial charge on any atom is 0.233 e. The number of thioether (sulfide) groups is 1. The number of aryl methyl sites for hydroxylation is 1. The molecule has 0 spiro atoms. The third-order valence-corrected chi connectivity index (χ3v) is 6.54. The van der Waals surface area contributed by atoms with Crippen LogP contribution in [0.1, 0.15) is 10.4 Å². The van der Waals surface area contributed by atoms with Crippen molar-refractivity contribution in [1.29, 1.82) is 0 Å². The molecule has 0 unspecified atom stereocenters. The number of carbonyl (C=O) groups excluding carboxylic acids is 1. The molecule has 4 aromatic rings. The summed E-state index contributed by atoms with van der Waals surface area (Å²) in [5.74, 6) is 0.239. The van der Waals surface area contributed by atoms with E-state index in [1.807, 2.05) is 48.7 Å². The van der Waals surface area contributed by atoms with E-state index in [4.69, 9.17) is 0 Å². The van der Waals surface area contributed by atoms with Gasteiger partial charge in [0.2, 0.25) is 5.91 Å². The molecule has 0 bridgehead atoms. The molecule has 0 aliphatic rings. The molecule has 0 radical (unpaired) electrons. The average Bonchev–Trinajstić information content (AvgIpc) is 3.43. The predicted octanol–water partition coefficient (Wildman–Crippen LogP) is 5.19. The summed E-state index contributed by atoms with van der Waals surface area (Å²) in [6.07, 6.45) is 0. The molecule has 1 amide bonds. The number of rotatable bonds is 7. The second-order valence-corrected chi connectivity index (χ2v) is 9.05. The van der Waals surface area contributed by atoms with Gasteiger partial charge < -0.3 is 4.90 Å². The number of nitrogens with zero attached hydrogens (tertiary/aromatic N) is 4. The summed E-state index contributed by atoms with van der Waals surface area (Å²) in [5, 5.41) is 11.1. The Labute approximate surface area is 188 Å². The summed E-state index contributed by atoms with van der Waals surface area (Å²) < 4.78 is 16.3. The Hall–Kier alpha value is -2.97. The molecule has 2 aromatic heterocycles. The fourth-order valence-corrected chi connectivity index (χ4v) is 4.72. The largest absolute Gasteiger partial charge is 0.340 e. The van der Waals surface area contributed by atoms with Crippen LogP contribution >= 0.6 is 23.1 Å². The zero-order chi connectivity index (χ0) is 21.8. The van der Waals surface area contributed by atoms with E-state index >= 15 is 0 Å². The fourth-order valence-electron chi connectivity index (χ4n) is 3.07. The van der Waals surface area contributed by atoms with Crippen molar-refractivity contribution in [1.82, 2.24) is 19.7 Å². The van der Waals surface area contributed by atoms with Crippen LogP contribution in [0.5, 0.6) is 0 Å². The first kappa shape index (κ1) is 21.3. The molecular weight excluding hydrogens is 431 g/mol. The third kappa shape index (κ3) is 4.86. The molecule has 0 saturated heterocycles. The van der Waals surface area contributed by atoms with Crippen molar-refractivity contribution in [3.8, 4) is 17.1 Å². The van der Waals surface area contributed by atoms with Gasteiger partial charge in [-0.15, -0.1) is 21.5 Å². The number of benzene rings is 2. The molecule has 0 atom stereocenters. The zero-order valence-electron chi connectivity index (χ0n) is 17.2. The highest BCUT2D eigenvalue weighted by Gasteiger charge is 2.20. The summed E-state index contributed by atoms with van der Waals surface area (Å²) in [5.41, 5.74) is 2.29. The molecule has 0 aliphatic heterocycles. The van der Waals surface area contributed by atoms with Crippen LogP contribution in [0.2, 0.25) is 0 Å². The smallest absolute Gasteiger partial charge is 0.233 e. The monoisotopic (exact) mass is 452 g/mol. The minimum atomic E-state index is -0.369. The number of hydrogen-bond donors (Lipinski definition) is 0. The van der Waals surface area contributed by atoms with Crippen LogP contribution in [0.15, 0.2) is 71.2 Å². The van der Waals surface area contributed by atoms with Gasteiger partial charge in [0.15, 0.2) is 11.0 Å². The van der Waals surface area contributed by atoms with Crippen LogP contribution in [-0.2, 0) is 11.3 Å². The lowest BCUT2D eigenvalue weighted by molar-refractivity contribution is -0.127. The lowest BCUT2D eigenvalue weighted by Gasteiger charge is -2.16. The van der Waals surface area contributed by atoms with Gasteiger partial charge in [0.1, 0.15) is 5.82 Å². The Morgan fingerprint density at radius 1 is 1.10 bits per heavy atom. The van der Waals surface area contributed by atoms with Crippen LogP contribution in [-0.4, -0.2) is 38.4 Å². The number of hydrogen-bond acceptors (Lipinski definition) is 5. The molecule has 0 aliphatic carbocycles. The van der Waals surface area contributed by atoms with Crippen LogP contribution in [0.3, 0.4) is 0 Å². The highest BCUT2D eigenvalue weighted by Crippen LogP contribution is 2.29. The van der Waals surface area contributed by atoms with Gasteiger partial charge in [0.05, 0.1) is 17.9 Å². The predicted molar refractivity (Wildman–Crippen MR) is 123 cm³/mol. The topological polar surface area (TPSA) is 51.0 Å². The lowest BCUT2D eigenvalue weighted by Crippen LogP contribution is -2.27. The highest BCUT2D eigenvalue weighted by atomic mass is 32.2. The second-order valence-electron chi connectivity index (χ2n) is 7.07. The van der Waals surface area contributed by atoms with Crippen molar-refractivity contribution in [2.24, 2.45) is 0 Å². The summed E-state index contributed by atoms with van der Waals surface area (Å²) in [6.45, 7) is 2.58. The summed E-state index contributed by atoms with van der Waals surface area (Å²) in [4.78, 5) is 15.5. The first-order valence-electron chi connectivity index (χ1n) is 9.69. The number of thiophene rings is 1. The fraction of sp³-hybridized carbons (Fsp3) is 0.174. The lowest BCUT2D eigenvalue weighted by atomic mass is 10.2. The SMILES string of the molecule is Cc1ccc(-n2c(SCC(=O)N(C)Cc3cccs3)nnc2-c2ccccc2F)cc1. The van der Waals surface area contributed by atoms with E-state index in [0.29, 0.717) is 23.1 Å². The molecule has 2 aromatic carbocycles. The molecular formula is C23H21FN4OS2. The van der Waals surface area contributed by atoms with Crippen LogP contribution in [0, 0.1) is 12.7 Å². The van der Waals surface area contributed by atoms with Crippen molar-refractivity contribution in [3.05, 3.63) is 82.3 Å². The Bertz CT molecular complexity index is 1170. The normalized spacial score (nSPS) is 10.9. The van der Waals surface area contributed by atoms with Crippen LogP contribution in [0.25, 0.3) is 17.1 Å². The minimum absolute atomic E-state index is 0.00991. The first-order chi connectivity index (χ1) is 15.0. The van der Waals surface area contributed by atoms with Gasteiger partial charge in [-0.1, -0.05) is 47.7 Å². The Morgan fingerprint density at radius 3 is 2.58 bits per heavy atom. The van der Waals surface area contributed by atoms with Gasteiger partial charge >= 0.3 is 0 Å². The van der Waals surface area contributed by atoms with E-state index in [1.165, 1.54) is 17.8 Å². The van der Waals surface area contributed by atoms with E-state index < -0.39 is 0 Å². The van der Waals surface area contributed by atoms with E-state index in [0.717, 1.165) is 16.1 Å². The number of halogens is 1. The van der Waals surface area contributed by atoms with Gasteiger partial charge in [-0.3, -0.25) is 9.36 Å². The average molecular weight is 453 g/mol. The molecule has 5 nitrogen and oxygen atoms in total. The van der Waals surface area contributed by atoms with Gasteiger partial charge in [-0.05, 0) is 42.6 Å². The van der Waals surface area contributed by atoms with E-state index in [-0.39, 0.29) is 17.5 Å². The maximum absolute atomic E-state index is 14.5. The quantitative estimate of drug-likeness (QED) is 0.362. The second kappa shape index (κ2) is 9.45. The molecule has 4 rings (SSSR count). The van der Waals surface area contributed by atoms with Crippen molar-refractivity contribution in [2.45, 2.75) is 18.6 Å². The Balaban J connectivity index is 1.61. The van der Waals surface area contributed by atoms with E-state index in [1.54, 1.807) is 46.1 Å². The van der Waals surface area contributed by atoms with Crippen molar-refractivity contribution < 1.29 is 9.18 Å². The van der Waals surface area contributed by atoms with Crippen LogP contribution in [0.4, 0.5) is 4.39 Å². The zero-order valence-corrected chi connectivity index (χ0v) is 18.8. The third-order valence-electron chi connectivity index (χ3n) is 4.76. The van der Waals surface area contributed by atoms with Crippen molar-refractivity contribution in [2.75, 3.05) is 12.8 Å². The van der Waals surface area contributed by atoms with E-state index in [9.17, 15) is 9.18 Å². The molecule has 2 heterocycles. The number of aromatic nitrogens is 3. The minimum Gasteiger partial charge on any atom is -0.340 e. The Kier molecular flexibility index (Phi) is 6.48. The molecule has 31 heavy (non-hydrogen) atoms. The number of carbonyl (C=O) groups is 1. The Morgan fingerprint density at radius 2 is 1.87 bits per heavy atom. The molecule has 0 saturated carbocycles.